The molecule has 72 valence electrons. The molecule has 2 rings (SSSR count). The lowest BCUT2D eigenvalue weighted by Crippen LogP contribution is -2.52. The van der Waals surface area contributed by atoms with Crippen LogP contribution in [0.4, 0.5) is 0 Å². The maximum atomic E-state index is 6.16. The first-order valence-corrected chi connectivity index (χ1v) is 5.40. The largest absolute Gasteiger partial charge is 0.454 e. The third kappa shape index (κ3) is 1.97. The summed E-state index contributed by atoms with van der Waals surface area (Å²) < 4.78 is 6.22. The standard InChI is InChI=1S/C10H14BrNO/c1-7-4-10(12,5-7)6-8-2-3-9(11)13-8/h2-3,7H,4-6,12H2,1H3. The Kier molecular flexibility index (Phi) is 2.24. The SMILES string of the molecule is CC1CC(N)(Cc2ccc(Br)o2)C1. The zero-order valence-corrected chi connectivity index (χ0v) is 9.30. The van der Waals surface area contributed by atoms with Crippen LogP contribution in [-0.2, 0) is 6.42 Å². The number of halogens is 1. The van der Waals surface area contributed by atoms with Gasteiger partial charge in [0.05, 0.1) is 0 Å². The van der Waals surface area contributed by atoms with Crippen LogP contribution < -0.4 is 5.73 Å². The molecule has 1 aliphatic carbocycles. The van der Waals surface area contributed by atoms with E-state index in [2.05, 4.69) is 22.9 Å². The molecule has 0 radical (unpaired) electrons. The maximum absolute atomic E-state index is 6.16. The van der Waals surface area contributed by atoms with Gasteiger partial charge in [-0.1, -0.05) is 6.92 Å². The first-order valence-electron chi connectivity index (χ1n) is 4.60. The second kappa shape index (κ2) is 3.14. The molecule has 0 atom stereocenters. The first-order chi connectivity index (χ1) is 6.07. The molecule has 1 fully saturated rings. The highest BCUT2D eigenvalue weighted by Crippen LogP contribution is 2.38. The minimum atomic E-state index is -0.00326. The Morgan fingerprint density at radius 3 is 2.77 bits per heavy atom. The van der Waals surface area contributed by atoms with Crippen LogP contribution in [0.15, 0.2) is 21.2 Å². The van der Waals surface area contributed by atoms with Gasteiger partial charge in [0.1, 0.15) is 5.76 Å². The van der Waals surface area contributed by atoms with Crippen LogP contribution in [0.1, 0.15) is 25.5 Å². The van der Waals surface area contributed by atoms with Gasteiger partial charge in [0.25, 0.3) is 0 Å². The molecule has 1 aromatic heterocycles. The first kappa shape index (κ1) is 9.28. The molecule has 1 aliphatic rings. The van der Waals surface area contributed by atoms with Crippen LogP contribution >= 0.6 is 15.9 Å². The van der Waals surface area contributed by atoms with Crippen LogP contribution in [0.5, 0.6) is 0 Å². The molecule has 13 heavy (non-hydrogen) atoms. The van der Waals surface area contributed by atoms with Gasteiger partial charge in [-0.25, -0.2) is 0 Å². The smallest absolute Gasteiger partial charge is 0.169 e. The number of hydrogen-bond acceptors (Lipinski definition) is 2. The third-order valence-corrected chi connectivity index (χ3v) is 3.09. The molecule has 0 saturated heterocycles. The summed E-state index contributed by atoms with van der Waals surface area (Å²) in [4.78, 5) is 0. The zero-order chi connectivity index (χ0) is 9.47. The number of hydrogen-bond donors (Lipinski definition) is 1. The minimum absolute atomic E-state index is 0.00326. The van der Waals surface area contributed by atoms with Crippen LogP contribution in [0.3, 0.4) is 0 Å². The van der Waals surface area contributed by atoms with Crippen LogP contribution in [0.25, 0.3) is 0 Å². The molecule has 0 aromatic carbocycles. The predicted octanol–water partition coefficient (Wildman–Crippen LogP) is 2.71. The van der Waals surface area contributed by atoms with Gasteiger partial charge >= 0.3 is 0 Å². The molecule has 2 N–H and O–H groups in total. The van der Waals surface area contributed by atoms with Gasteiger partial charge in [0.15, 0.2) is 4.67 Å². The summed E-state index contributed by atoms with van der Waals surface area (Å²) >= 11 is 3.28. The van der Waals surface area contributed by atoms with Gasteiger partial charge in [0, 0.05) is 12.0 Å². The van der Waals surface area contributed by atoms with Crippen molar-refractivity contribution in [2.45, 2.75) is 31.7 Å². The van der Waals surface area contributed by atoms with Gasteiger partial charge in [-0.15, -0.1) is 0 Å². The van der Waals surface area contributed by atoms with Crippen molar-refractivity contribution in [3.63, 3.8) is 0 Å². The normalized spacial score (nSPS) is 33.0. The molecule has 2 nitrogen and oxygen atoms in total. The molecule has 1 heterocycles. The summed E-state index contributed by atoms with van der Waals surface area (Å²) in [5.74, 6) is 1.77. The fourth-order valence-electron chi connectivity index (χ4n) is 2.27. The van der Waals surface area contributed by atoms with Crippen molar-refractivity contribution in [3.8, 4) is 0 Å². The highest BCUT2D eigenvalue weighted by Gasteiger charge is 2.38. The Morgan fingerprint density at radius 2 is 2.31 bits per heavy atom. The van der Waals surface area contributed by atoms with Crippen molar-refractivity contribution < 1.29 is 4.42 Å². The average Bonchev–Trinajstić information content (AvgIpc) is 2.32. The topological polar surface area (TPSA) is 39.2 Å². The molecule has 3 heteroatoms. The lowest BCUT2D eigenvalue weighted by atomic mass is 9.68. The van der Waals surface area contributed by atoms with Gasteiger partial charge < -0.3 is 10.2 Å². The molecule has 0 aliphatic heterocycles. The van der Waals surface area contributed by atoms with Crippen LogP contribution in [-0.4, -0.2) is 5.54 Å². The summed E-state index contributed by atoms with van der Waals surface area (Å²) in [5.41, 5.74) is 6.16. The molecule has 0 bridgehead atoms. The van der Waals surface area contributed by atoms with Crippen molar-refractivity contribution in [1.82, 2.24) is 0 Å². The second-order valence-electron chi connectivity index (χ2n) is 4.26. The van der Waals surface area contributed by atoms with E-state index in [9.17, 15) is 0 Å². The summed E-state index contributed by atoms with van der Waals surface area (Å²) in [6, 6.07) is 3.91. The van der Waals surface area contributed by atoms with E-state index in [1.807, 2.05) is 12.1 Å². The summed E-state index contributed by atoms with van der Waals surface area (Å²) in [5, 5.41) is 0. The number of furan rings is 1. The van der Waals surface area contributed by atoms with Gasteiger partial charge in [-0.3, -0.25) is 0 Å². The van der Waals surface area contributed by atoms with E-state index in [0.717, 1.165) is 35.6 Å². The zero-order valence-electron chi connectivity index (χ0n) is 7.72. The van der Waals surface area contributed by atoms with Gasteiger partial charge in [-0.05, 0) is 46.8 Å². The molecule has 1 saturated carbocycles. The van der Waals surface area contributed by atoms with E-state index in [0.29, 0.717) is 0 Å². The minimum Gasteiger partial charge on any atom is -0.454 e. The van der Waals surface area contributed by atoms with Crippen molar-refractivity contribution in [1.29, 1.82) is 0 Å². The Bertz CT molecular complexity index is 302. The lowest BCUT2D eigenvalue weighted by Gasteiger charge is -2.43. The van der Waals surface area contributed by atoms with E-state index >= 15 is 0 Å². The summed E-state index contributed by atoms with van der Waals surface area (Å²) in [6.45, 7) is 2.24. The Hall–Kier alpha value is -0.280. The summed E-state index contributed by atoms with van der Waals surface area (Å²) in [6.07, 6.45) is 3.10. The van der Waals surface area contributed by atoms with E-state index in [-0.39, 0.29) is 5.54 Å². The Morgan fingerprint density at radius 1 is 1.62 bits per heavy atom. The molecule has 0 unspecified atom stereocenters. The highest BCUT2D eigenvalue weighted by atomic mass is 79.9. The van der Waals surface area contributed by atoms with Crippen LogP contribution in [0.2, 0.25) is 0 Å². The molecule has 0 spiro atoms. The maximum Gasteiger partial charge on any atom is 0.169 e. The van der Waals surface area contributed by atoms with Crippen molar-refractivity contribution in [2.24, 2.45) is 11.7 Å². The monoisotopic (exact) mass is 243 g/mol. The molecule has 1 aromatic rings. The summed E-state index contributed by atoms with van der Waals surface area (Å²) in [7, 11) is 0. The fourth-order valence-corrected chi connectivity index (χ4v) is 2.61. The van der Waals surface area contributed by atoms with E-state index in [1.54, 1.807) is 0 Å². The van der Waals surface area contributed by atoms with Crippen LogP contribution in [0, 0.1) is 5.92 Å². The van der Waals surface area contributed by atoms with Gasteiger partial charge in [0.2, 0.25) is 0 Å². The van der Waals surface area contributed by atoms with E-state index in [1.165, 1.54) is 0 Å². The average molecular weight is 244 g/mol. The lowest BCUT2D eigenvalue weighted by molar-refractivity contribution is 0.154. The van der Waals surface area contributed by atoms with E-state index in [4.69, 9.17) is 10.2 Å². The molecular weight excluding hydrogens is 230 g/mol. The van der Waals surface area contributed by atoms with E-state index < -0.39 is 0 Å². The fraction of sp³-hybridized carbons (Fsp3) is 0.600. The highest BCUT2D eigenvalue weighted by molar-refractivity contribution is 9.10. The predicted molar refractivity (Wildman–Crippen MR) is 55.4 cm³/mol. The molecule has 0 amide bonds. The van der Waals surface area contributed by atoms with Crippen molar-refractivity contribution in [3.05, 3.63) is 22.6 Å². The number of nitrogens with two attached hydrogens (primary N) is 1. The van der Waals surface area contributed by atoms with Crippen molar-refractivity contribution in [2.75, 3.05) is 0 Å². The quantitative estimate of drug-likeness (QED) is 0.868. The number of rotatable bonds is 2. The Labute approximate surface area is 86.6 Å². The third-order valence-electron chi connectivity index (χ3n) is 2.67. The Balaban J connectivity index is 1.99. The molecular formula is C10H14BrNO. The second-order valence-corrected chi connectivity index (χ2v) is 5.04. The van der Waals surface area contributed by atoms with Crippen molar-refractivity contribution >= 4 is 15.9 Å². The van der Waals surface area contributed by atoms with Gasteiger partial charge in [-0.2, -0.15) is 0 Å².